The predicted octanol–water partition coefficient (Wildman–Crippen LogP) is 0.343. The molecule has 0 bridgehead atoms. The first-order valence-electron chi connectivity index (χ1n) is 5.92. The SMILES string of the molecule is Cc1cc(F)ccc1S(=O)(=O)N1C[C@H](O)C[C@H]1C(=O)O. The number of carboxylic acids is 1. The fourth-order valence-corrected chi connectivity index (χ4v) is 4.14. The van der Waals surface area contributed by atoms with Gasteiger partial charge in [0.15, 0.2) is 0 Å². The number of nitrogens with zero attached hydrogens (tertiary/aromatic N) is 1. The molecule has 0 aliphatic carbocycles. The maximum Gasteiger partial charge on any atom is 0.322 e. The fraction of sp³-hybridized carbons (Fsp3) is 0.417. The van der Waals surface area contributed by atoms with Gasteiger partial charge in [-0.1, -0.05) is 0 Å². The molecule has 2 N–H and O–H groups in total. The van der Waals surface area contributed by atoms with Gasteiger partial charge < -0.3 is 10.2 Å². The number of rotatable bonds is 3. The molecular weight excluding hydrogens is 289 g/mol. The van der Waals surface area contributed by atoms with Gasteiger partial charge in [-0.25, -0.2) is 12.8 Å². The zero-order valence-electron chi connectivity index (χ0n) is 10.7. The van der Waals surface area contributed by atoms with Crippen molar-refractivity contribution in [2.75, 3.05) is 6.54 Å². The van der Waals surface area contributed by atoms with Crippen LogP contribution < -0.4 is 0 Å². The van der Waals surface area contributed by atoms with E-state index in [-0.39, 0.29) is 23.4 Å². The van der Waals surface area contributed by atoms with Crippen LogP contribution in [-0.4, -0.2) is 47.6 Å². The Hall–Kier alpha value is -1.51. The van der Waals surface area contributed by atoms with E-state index in [1.807, 2.05) is 0 Å². The molecule has 110 valence electrons. The maximum atomic E-state index is 13.0. The van der Waals surface area contributed by atoms with E-state index >= 15 is 0 Å². The van der Waals surface area contributed by atoms with E-state index in [0.717, 1.165) is 22.5 Å². The Morgan fingerprint density at radius 2 is 2.10 bits per heavy atom. The summed E-state index contributed by atoms with van der Waals surface area (Å²) in [5, 5.41) is 18.6. The van der Waals surface area contributed by atoms with Crippen molar-refractivity contribution in [3.05, 3.63) is 29.6 Å². The molecule has 0 aromatic heterocycles. The van der Waals surface area contributed by atoms with Gasteiger partial charge in [0, 0.05) is 13.0 Å². The third kappa shape index (κ3) is 2.54. The lowest BCUT2D eigenvalue weighted by Crippen LogP contribution is -2.40. The molecule has 0 amide bonds. The molecule has 8 heteroatoms. The number of sulfonamides is 1. The van der Waals surface area contributed by atoms with E-state index in [0.29, 0.717) is 0 Å². The molecule has 1 aliphatic rings. The van der Waals surface area contributed by atoms with Crippen molar-refractivity contribution in [2.45, 2.75) is 30.4 Å². The molecule has 1 heterocycles. The Bertz CT molecular complexity index is 645. The van der Waals surface area contributed by atoms with Crippen LogP contribution in [0.2, 0.25) is 0 Å². The largest absolute Gasteiger partial charge is 0.480 e. The van der Waals surface area contributed by atoms with Gasteiger partial charge in [0.2, 0.25) is 10.0 Å². The summed E-state index contributed by atoms with van der Waals surface area (Å²) in [5.41, 5.74) is 0.190. The number of aryl methyl sites for hydroxylation is 1. The highest BCUT2D eigenvalue weighted by Gasteiger charge is 2.43. The third-order valence-electron chi connectivity index (χ3n) is 3.24. The number of hydrogen-bond acceptors (Lipinski definition) is 4. The van der Waals surface area contributed by atoms with Crippen molar-refractivity contribution in [3.8, 4) is 0 Å². The van der Waals surface area contributed by atoms with Crippen LogP contribution in [0.5, 0.6) is 0 Å². The van der Waals surface area contributed by atoms with Gasteiger partial charge in [-0.15, -0.1) is 0 Å². The van der Waals surface area contributed by atoms with Crippen LogP contribution in [0, 0.1) is 12.7 Å². The van der Waals surface area contributed by atoms with Crippen molar-refractivity contribution in [1.82, 2.24) is 4.31 Å². The summed E-state index contributed by atoms with van der Waals surface area (Å²) in [5.74, 6) is -1.89. The lowest BCUT2D eigenvalue weighted by Gasteiger charge is -2.21. The fourth-order valence-electron chi connectivity index (χ4n) is 2.30. The number of carboxylic acid groups (broad SMARTS) is 1. The molecule has 1 saturated heterocycles. The van der Waals surface area contributed by atoms with Gasteiger partial charge in [0.05, 0.1) is 11.0 Å². The van der Waals surface area contributed by atoms with Crippen LogP contribution in [0.15, 0.2) is 23.1 Å². The highest BCUT2D eigenvalue weighted by atomic mass is 32.2. The van der Waals surface area contributed by atoms with E-state index in [2.05, 4.69) is 0 Å². The van der Waals surface area contributed by atoms with E-state index < -0.39 is 34.0 Å². The van der Waals surface area contributed by atoms with Gasteiger partial charge in [-0.05, 0) is 30.7 Å². The predicted molar refractivity (Wildman–Crippen MR) is 67.1 cm³/mol. The van der Waals surface area contributed by atoms with E-state index in [1.165, 1.54) is 6.92 Å². The van der Waals surface area contributed by atoms with E-state index in [4.69, 9.17) is 5.11 Å². The summed E-state index contributed by atoms with van der Waals surface area (Å²) in [6, 6.07) is 1.86. The van der Waals surface area contributed by atoms with Crippen LogP contribution in [-0.2, 0) is 14.8 Å². The standard InChI is InChI=1S/C12H14FNO5S/c1-7-4-8(13)2-3-11(7)20(18,19)14-6-9(15)5-10(14)12(16)17/h2-4,9-10,15H,5-6H2,1H3,(H,16,17)/t9-,10+/m1/s1. The van der Waals surface area contributed by atoms with Crippen molar-refractivity contribution in [3.63, 3.8) is 0 Å². The lowest BCUT2D eigenvalue weighted by atomic mass is 10.2. The van der Waals surface area contributed by atoms with Crippen LogP contribution in [0.3, 0.4) is 0 Å². The Kier molecular flexibility index (Phi) is 3.81. The molecule has 6 nitrogen and oxygen atoms in total. The van der Waals surface area contributed by atoms with E-state index in [1.54, 1.807) is 0 Å². The molecule has 1 aromatic carbocycles. The molecular formula is C12H14FNO5S. The van der Waals surface area contributed by atoms with Gasteiger partial charge in [-0.2, -0.15) is 4.31 Å². The van der Waals surface area contributed by atoms with Gasteiger partial charge >= 0.3 is 5.97 Å². The third-order valence-corrected chi connectivity index (χ3v) is 5.28. The van der Waals surface area contributed by atoms with Crippen molar-refractivity contribution in [2.24, 2.45) is 0 Å². The number of β-amino-alcohol motifs (C(OH)–C–C–N with tert-alkyl or cyclic N) is 1. The van der Waals surface area contributed by atoms with Crippen LogP contribution >= 0.6 is 0 Å². The zero-order valence-corrected chi connectivity index (χ0v) is 11.5. The van der Waals surface area contributed by atoms with Crippen LogP contribution in [0.1, 0.15) is 12.0 Å². The summed E-state index contributed by atoms with van der Waals surface area (Å²) >= 11 is 0. The monoisotopic (exact) mass is 303 g/mol. The Morgan fingerprint density at radius 3 is 2.65 bits per heavy atom. The first-order chi connectivity index (χ1) is 9.23. The summed E-state index contributed by atoms with van der Waals surface area (Å²) in [7, 11) is -4.09. The van der Waals surface area contributed by atoms with Gasteiger partial charge in [0.25, 0.3) is 0 Å². The zero-order chi connectivity index (χ0) is 15.1. The second kappa shape index (κ2) is 5.12. The number of aliphatic hydroxyl groups is 1. The Morgan fingerprint density at radius 1 is 1.45 bits per heavy atom. The molecule has 1 aliphatic heterocycles. The summed E-state index contributed by atoms with van der Waals surface area (Å²) in [4.78, 5) is 10.9. The average Bonchev–Trinajstić information content (AvgIpc) is 2.71. The molecule has 0 unspecified atom stereocenters. The molecule has 0 saturated carbocycles. The lowest BCUT2D eigenvalue weighted by molar-refractivity contribution is -0.140. The number of benzene rings is 1. The number of aliphatic carboxylic acids is 1. The number of carbonyl (C=O) groups is 1. The normalized spacial score (nSPS) is 23.9. The summed E-state index contributed by atoms with van der Waals surface area (Å²) in [6.45, 7) is 1.15. The molecule has 2 rings (SSSR count). The van der Waals surface area contributed by atoms with Gasteiger partial charge in [0.1, 0.15) is 11.9 Å². The van der Waals surface area contributed by atoms with Crippen molar-refractivity contribution < 1.29 is 27.8 Å². The summed E-state index contributed by atoms with van der Waals surface area (Å²) in [6.07, 6.45) is -1.18. The van der Waals surface area contributed by atoms with Crippen molar-refractivity contribution >= 4 is 16.0 Å². The number of halogens is 1. The molecule has 20 heavy (non-hydrogen) atoms. The minimum absolute atomic E-state index is 0.153. The maximum absolute atomic E-state index is 13.0. The minimum atomic E-state index is -4.09. The van der Waals surface area contributed by atoms with Crippen LogP contribution in [0.25, 0.3) is 0 Å². The highest BCUT2D eigenvalue weighted by molar-refractivity contribution is 7.89. The molecule has 2 atom stereocenters. The molecule has 1 fully saturated rings. The van der Waals surface area contributed by atoms with Crippen LogP contribution in [0.4, 0.5) is 4.39 Å². The topological polar surface area (TPSA) is 94.9 Å². The smallest absolute Gasteiger partial charge is 0.322 e. The average molecular weight is 303 g/mol. The quantitative estimate of drug-likeness (QED) is 0.840. The second-order valence-electron chi connectivity index (χ2n) is 4.73. The highest BCUT2D eigenvalue weighted by Crippen LogP contribution is 2.28. The van der Waals surface area contributed by atoms with Gasteiger partial charge in [-0.3, -0.25) is 4.79 Å². The number of aliphatic hydroxyl groups excluding tert-OH is 1. The summed E-state index contributed by atoms with van der Waals surface area (Å²) < 4.78 is 38.7. The minimum Gasteiger partial charge on any atom is -0.480 e. The van der Waals surface area contributed by atoms with Crippen molar-refractivity contribution in [1.29, 1.82) is 0 Å². The first-order valence-corrected chi connectivity index (χ1v) is 7.36. The Balaban J connectivity index is 2.46. The molecule has 1 aromatic rings. The first kappa shape index (κ1) is 14.9. The molecule has 0 radical (unpaired) electrons. The Labute approximate surface area is 115 Å². The molecule has 0 spiro atoms. The van der Waals surface area contributed by atoms with E-state index in [9.17, 15) is 22.7 Å². The number of hydrogen-bond donors (Lipinski definition) is 2. The second-order valence-corrected chi connectivity index (χ2v) is 6.59.